The number of carboxylic acids is 1. The van der Waals surface area contributed by atoms with E-state index in [1.807, 2.05) is 0 Å². The number of aromatic carboxylic acids is 1. The summed E-state index contributed by atoms with van der Waals surface area (Å²) in [5.74, 6) is -0.581. The molecule has 0 amide bonds. The summed E-state index contributed by atoms with van der Waals surface area (Å²) in [4.78, 5) is 15.3. The van der Waals surface area contributed by atoms with Crippen molar-refractivity contribution in [1.29, 1.82) is 0 Å². The number of ether oxygens (including phenoxy) is 1. The van der Waals surface area contributed by atoms with Gasteiger partial charge in [-0.1, -0.05) is 0 Å². The molecule has 2 aromatic carbocycles. The number of rotatable bonds is 4. The molecular formula is C15H13NO4. The van der Waals surface area contributed by atoms with Crippen LogP contribution in [0.25, 0.3) is 0 Å². The molecule has 0 unspecified atom stereocenters. The van der Waals surface area contributed by atoms with Crippen LogP contribution in [-0.2, 0) is 0 Å². The second-order valence-corrected chi connectivity index (χ2v) is 4.04. The number of aromatic hydroxyl groups is 1. The van der Waals surface area contributed by atoms with Gasteiger partial charge < -0.3 is 14.9 Å². The number of phenols is 1. The lowest BCUT2D eigenvalue weighted by Crippen LogP contribution is -2.01. The Morgan fingerprint density at radius 2 is 1.90 bits per heavy atom. The number of carboxylic acid groups (broad SMARTS) is 1. The minimum absolute atomic E-state index is 0.0853. The third-order valence-electron chi connectivity index (χ3n) is 2.67. The fourth-order valence-corrected chi connectivity index (χ4v) is 1.66. The van der Waals surface area contributed by atoms with E-state index in [0.29, 0.717) is 17.0 Å². The third kappa shape index (κ3) is 3.14. The Balaban J connectivity index is 2.27. The van der Waals surface area contributed by atoms with Gasteiger partial charge in [-0.3, -0.25) is 4.99 Å². The predicted molar refractivity (Wildman–Crippen MR) is 75.3 cm³/mol. The number of hydrogen-bond donors (Lipinski definition) is 2. The molecule has 0 saturated carbocycles. The lowest BCUT2D eigenvalue weighted by Gasteiger charge is -2.05. The zero-order valence-electron chi connectivity index (χ0n) is 10.8. The average molecular weight is 271 g/mol. The standard InChI is InChI=1S/C15H13NO4/c1-20-14-7-2-10(8-13(14)15(18)19)9-16-11-3-5-12(17)6-4-11/h2-9,17H,1H3,(H,18,19). The summed E-state index contributed by atoms with van der Waals surface area (Å²) in [6.45, 7) is 0. The van der Waals surface area contributed by atoms with Crippen molar-refractivity contribution in [2.24, 2.45) is 4.99 Å². The summed E-state index contributed by atoms with van der Waals surface area (Å²) in [6, 6.07) is 11.2. The molecule has 5 nitrogen and oxygen atoms in total. The summed E-state index contributed by atoms with van der Waals surface area (Å²) < 4.78 is 4.98. The molecule has 0 spiro atoms. The highest BCUT2D eigenvalue weighted by molar-refractivity contribution is 5.94. The topological polar surface area (TPSA) is 79.1 Å². The van der Waals surface area contributed by atoms with Crippen LogP contribution < -0.4 is 4.74 Å². The van der Waals surface area contributed by atoms with E-state index in [9.17, 15) is 4.79 Å². The second-order valence-electron chi connectivity index (χ2n) is 4.04. The molecule has 20 heavy (non-hydrogen) atoms. The van der Waals surface area contributed by atoms with E-state index in [0.717, 1.165) is 0 Å². The number of hydrogen-bond acceptors (Lipinski definition) is 4. The molecule has 0 radical (unpaired) electrons. The maximum absolute atomic E-state index is 11.1. The van der Waals surface area contributed by atoms with Crippen LogP contribution in [0.3, 0.4) is 0 Å². The first-order valence-electron chi connectivity index (χ1n) is 5.84. The van der Waals surface area contributed by atoms with Crippen molar-refractivity contribution >= 4 is 17.9 Å². The fourth-order valence-electron chi connectivity index (χ4n) is 1.66. The van der Waals surface area contributed by atoms with E-state index in [-0.39, 0.29) is 11.3 Å². The van der Waals surface area contributed by atoms with Gasteiger partial charge in [0, 0.05) is 6.21 Å². The summed E-state index contributed by atoms with van der Waals surface area (Å²) in [7, 11) is 1.42. The molecule has 0 aliphatic carbocycles. The Bertz CT molecular complexity index is 647. The van der Waals surface area contributed by atoms with Gasteiger partial charge in [-0.25, -0.2) is 4.79 Å². The molecule has 5 heteroatoms. The highest BCUT2D eigenvalue weighted by Gasteiger charge is 2.10. The molecule has 0 heterocycles. The van der Waals surface area contributed by atoms with E-state index in [2.05, 4.69) is 4.99 Å². The zero-order chi connectivity index (χ0) is 14.5. The van der Waals surface area contributed by atoms with Crippen LogP contribution in [0.5, 0.6) is 11.5 Å². The van der Waals surface area contributed by atoms with Crippen LogP contribution in [0, 0.1) is 0 Å². The lowest BCUT2D eigenvalue weighted by atomic mass is 10.1. The number of phenolic OH excluding ortho intramolecular Hbond substituents is 1. The van der Waals surface area contributed by atoms with Crippen molar-refractivity contribution in [2.45, 2.75) is 0 Å². The van der Waals surface area contributed by atoms with Crippen molar-refractivity contribution in [3.63, 3.8) is 0 Å². The average Bonchev–Trinajstić information content (AvgIpc) is 2.46. The predicted octanol–water partition coefficient (Wildman–Crippen LogP) is 2.85. The molecule has 0 saturated heterocycles. The molecule has 0 aliphatic rings. The monoisotopic (exact) mass is 271 g/mol. The third-order valence-corrected chi connectivity index (χ3v) is 2.67. The Kier molecular flexibility index (Phi) is 4.00. The smallest absolute Gasteiger partial charge is 0.339 e. The molecule has 0 fully saturated rings. The first-order valence-corrected chi connectivity index (χ1v) is 5.84. The van der Waals surface area contributed by atoms with Gasteiger partial charge in [0.05, 0.1) is 12.8 Å². The van der Waals surface area contributed by atoms with Crippen molar-refractivity contribution in [3.8, 4) is 11.5 Å². The molecule has 102 valence electrons. The largest absolute Gasteiger partial charge is 0.508 e. The molecule has 2 rings (SSSR count). The van der Waals surface area contributed by atoms with E-state index in [4.69, 9.17) is 14.9 Å². The van der Waals surface area contributed by atoms with Gasteiger partial charge in [0.1, 0.15) is 17.1 Å². The summed E-state index contributed by atoms with van der Waals surface area (Å²) in [5, 5.41) is 18.3. The maximum atomic E-state index is 11.1. The second kappa shape index (κ2) is 5.88. The minimum atomic E-state index is -1.05. The molecule has 0 bridgehead atoms. The van der Waals surface area contributed by atoms with Gasteiger partial charge in [0.15, 0.2) is 0 Å². The van der Waals surface area contributed by atoms with Crippen molar-refractivity contribution in [3.05, 3.63) is 53.6 Å². The highest BCUT2D eigenvalue weighted by atomic mass is 16.5. The van der Waals surface area contributed by atoms with Crippen LogP contribution in [-0.4, -0.2) is 29.5 Å². The van der Waals surface area contributed by atoms with Crippen molar-refractivity contribution in [1.82, 2.24) is 0 Å². The van der Waals surface area contributed by atoms with Gasteiger partial charge in [-0.15, -0.1) is 0 Å². The van der Waals surface area contributed by atoms with E-state index in [1.54, 1.807) is 30.5 Å². The quantitative estimate of drug-likeness (QED) is 0.838. The van der Waals surface area contributed by atoms with E-state index >= 15 is 0 Å². The number of carbonyl (C=O) groups is 1. The summed E-state index contributed by atoms with van der Waals surface area (Å²) in [6.07, 6.45) is 1.55. The Morgan fingerprint density at radius 1 is 1.20 bits per heavy atom. The normalized spacial score (nSPS) is 10.7. The Labute approximate surface area is 115 Å². The summed E-state index contributed by atoms with van der Waals surface area (Å²) >= 11 is 0. The number of methoxy groups -OCH3 is 1. The first kappa shape index (κ1) is 13.6. The van der Waals surface area contributed by atoms with Crippen LogP contribution in [0.15, 0.2) is 47.5 Å². The first-order chi connectivity index (χ1) is 9.60. The lowest BCUT2D eigenvalue weighted by molar-refractivity contribution is 0.0693. The fraction of sp³-hybridized carbons (Fsp3) is 0.0667. The van der Waals surface area contributed by atoms with Crippen LogP contribution in [0.4, 0.5) is 5.69 Å². The summed E-state index contributed by atoms with van der Waals surface area (Å²) in [5.41, 5.74) is 1.40. The molecule has 2 N–H and O–H groups in total. The SMILES string of the molecule is COc1ccc(C=Nc2ccc(O)cc2)cc1C(=O)O. The van der Waals surface area contributed by atoms with Gasteiger partial charge in [0.25, 0.3) is 0 Å². The molecule has 2 aromatic rings. The molecule has 0 aliphatic heterocycles. The zero-order valence-corrected chi connectivity index (χ0v) is 10.8. The minimum Gasteiger partial charge on any atom is -0.508 e. The van der Waals surface area contributed by atoms with Crippen LogP contribution in [0.1, 0.15) is 15.9 Å². The van der Waals surface area contributed by atoms with Gasteiger partial charge in [-0.2, -0.15) is 0 Å². The molecular weight excluding hydrogens is 258 g/mol. The van der Waals surface area contributed by atoms with E-state index in [1.165, 1.54) is 25.3 Å². The van der Waals surface area contributed by atoms with E-state index < -0.39 is 5.97 Å². The van der Waals surface area contributed by atoms with Gasteiger partial charge in [-0.05, 0) is 48.0 Å². The molecule has 0 aromatic heterocycles. The Morgan fingerprint density at radius 3 is 2.50 bits per heavy atom. The van der Waals surface area contributed by atoms with Crippen LogP contribution in [0.2, 0.25) is 0 Å². The van der Waals surface area contributed by atoms with Crippen molar-refractivity contribution < 1.29 is 19.7 Å². The Hall–Kier alpha value is -2.82. The number of benzene rings is 2. The van der Waals surface area contributed by atoms with Crippen LogP contribution >= 0.6 is 0 Å². The van der Waals surface area contributed by atoms with Gasteiger partial charge in [0.2, 0.25) is 0 Å². The highest BCUT2D eigenvalue weighted by Crippen LogP contribution is 2.20. The number of aliphatic imine (C=N–C) groups is 1. The maximum Gasteiger partial charge on any atom is 0.339 e. The van der Waals surface area contributed by atoms with Crippen molar-refractivity contribution in [2.75, 3.05) is 7.11 Å². The number of nitrogens with zero attached hydrogens (tertiary/aromatic N) is 1. The molecule has 0 atom stereocenters. The van der Waals surface area contributed by atoms with Gasteiger partial charge >= 0.3 is 5.97 Å².